The average molecular weight is 440 g/mol. The zero-order valence-corrected chi connectivity index (χ0v) is 17.4. The number of nitrogens with zero attached hydrogens (tertiary/aromatic N) is 2. The van der Waals surface area contributed by atoms with E-state index in [4.69, 9.17) is 11.6 Å². The number of sulfonamides is 1. The fourth-order valence-corrected chi connectivity index (χ4v) is 3.80. The molecule has 2 rings (SSSR count). The lowest BCUT2D eigenvalue weighted by atomic mass is 10.1. The Kier molecular flexibility index (Phi) is 7.98. The van der Waals surface area contributed by atoms with E-state index >= 15 is 0 Å². The average Bonchev–Trinajstić information content (AvgIpc) is 2.66. The van der Waals surface area contributed by atoms with Gasteiger partial charge < -0.3 is 5.32 Å². The number of nitro groups is 1. The topological polar surface area (TPSA) is 110 Å². The van der Waals surface area contributed by atoms with Crippen LogP contribution in [-0.4, -0.2) is 38.6 Å². The van der Waals surface area contributed by atoms with E-state index < -0.39 is 14.9 Å². The summed E-state index contributed by atoms with van der Waals surface area (Å²) in [6, 6.07) is 12.7. The normalized spacial score (nSPS) is 11.1. The van der Waals surface area contributed by atoms with Crippen molar-refractivity contribution in [3.63, 3.8) is 0 Å². The van der Waals surface area contributed by atoms with E-state index in [1.165, 1.54) is 24.3 Å². The highest BCUT2D eigenvalue weighted by atomic mass is 35.5. The number of hydrogen-bond donors (Lipinski definition) is 1. The van der Waals surface area contributed by atoms with Gasteiger partial charge in [-0.15, -0.1) is 0 Å². The smallest absolute Gasteiger partial charge is 0.271 e. The number of carbonyl (C=O) groups is 1. The number of rotatable bonds is 10. The number of nitro benzene ring substituents is 1. The summed E-state index contributed by atoms with van der Waals surface area (Å²) in [4.78, 5) is 22.4. The predicted molar refractivity (Wildman–Crippen MR) is 113 cm³/mol. The number of hydrogen-bond acceptors (Lipinski definition) is 5. The minimum absolute atomic E-state index is 0.0462. The quantitative estimate of drug-likeness (QED) is 0.451. The van der Waals surface area contributed by atoms with Crippen molar-refractivity contribution in [3.8, 4) is 0 Å². The van der Waals surface area contributed by atoms with Crippen molar-refractivity contribution in [3.05, 3.63) is 69.2 Å². The van der Waals surface area contributed by atoms with Gasteiger partial charge in [-0.2, -0.15) is 0 Å². The lowest BCUT2D eigenvalue weighted by molar-refractivity contribution is -0.384. The van der Waals surface area contributed by atoms with Gasteiger partial charge in [0.1, 0.15) is 0 Å². The highest BCUT2D eigenvalue weighted by molar-refractivity contribution is 7.92. The van der Waals surface area contributed by atoms with Gasteiger partial charge >= 0.3 is 0 Å². The highest BCUT2D eigenvalue weighted by Gasteiger charge is 2.19. The lowest BCUT2D eigenvalue weighted by Crippen LogP contribution is -2.32. The predicted octanol–water partition coefficient (Wildman–Crippen LogP) is 3.15. The van der Waals surface area contributed by atoms with Crippen LogP contribution in [0, 0.1) is 10.1 Å². The molecule has 0 aliphatic rings. The van der Waals surface area contributed by atoms with Crippen molar-refractivity contribution in [1.29, 1.82) is 0 Å². The van der Waals surface area contributed by atoms with Gasteiger partial charge in [0, 0.05) is 36.7 Å². The third-order valence-corrected chi connectivity index (χ3v) is 5.59. The zero-order chi connectivity index (χ0) is 21.4. The second-order valence-corrected chi connectivity index (χ2v) is 8.79. The van der Waals surface area contributed by atoms with Gasteiger partial charge in [0.05, 0.1) is 16.9 Å². The molecule has 0 heterocycles. The first-order valence-electron chi connectivity index (χ1n) is 8.90. The Morgan fingerprint density at radius 1 is 1.21 bits per heavy atom. The van der Waals surface area contributed by atoms with Crippen LogP contribution in [0.2, 0.25) is 5.02 Å². The number of halogens is 1. The molecule has 0 unspecified atom stereocenters. The van der Waals surface area contributed by atoms with Gasteiger partial charge in [-0.25, -0.2) is 8.42 Å². The Hall–Kier alpha value is -2.65. The van der Waals surface area contributed by atoms with Crippen LogP contribution in [0.15, 0.2) is 48.5 Å². The van der Waals surface area contributed by atoms with E-state index in [0.717, 1.165) is 16.1 Å². The molecule has 0 aliphatic heterocycles. The minimum atomic E-state index is -3.65. The van der Waals surface area contributed by atoms with Gasteiger partial charge in [0.25, 0.3) is 5.69 Å². The number of non-ortho nitro benzene ring substituents is 1. The maximum Gasteiger partial charge on any atom is 0.271 e. The molecule has 2 aromatic rings. The zero-order valence-electron chi connectivity index (χ0n) is 15.9. The molecule has 0 aromatic heterocycles. The Bertz CT molecular complexity index is 964. The number of amides is 1. The number of nitrogens with one attached hydrogen (secondary N) is 1. The second kappa shape index (κ2) is 10.2. The molecule has 29 heavy (non-hydrogen) atoms. The minimum Gasteiger partial charge on any atom is -0.356 e. The van der Waals surface area contributed by atoms with Crippen molar-refractivity contribution >= 4 is 38.9 Å². The van der Waals surface area contributed by atoms with E-state index in [9.17, 15) is 23.3 Å². The number of carbonyl (C=O) groups excluding carboxylic acids is 1. The van der Waals surface area contributed by atoms with Crippen molar-refractivity contribution in [1.82, 2.24) is 5.32 Å². The second-order valence-electron chi connectivity index (χ2n) is 6.44. The van der Waals surface area contributed by atoms with E-state index in [0.29, 0.717) is 18.0 Å². The summed E-state index contributed by atoms with van der Waals surface area (Å²) < 4.78 is 25.2. The van der Waals surface area contributed by atoms with Crippen molar-refractivity contribution in [2.75, 3.05) is 23.7 Å². The summed E-state index contributed by atoms with van der Waals surface area (Å²) >= 11 is 5.83. The molecule has 0 atom stereocenters. The Morgan fingerprint density at radius 3 is 2.52 bits per heavy atom. The first kappa shape index (κ1) is 22.6. The van der Waals surface area contributed by atoms with Crippen molar-refractivity contribution < 1.29 is 18.1 Å². The molecule has 2 aromatic carbocycles. The van der Waals surface area contributed by atoms with Crippen LogP contribution < -0.4 is 9.62 Å². The summed E-state index contributed by atoms with van der Waals surface area (Å²) in [5, 5.41) is 14.4. The summed E-state index contributed by atoms with van der Waals surface area (Å²) in [5.74, 6) is -0.188. The van der Waals surface area contributed by atoms with Crippen LogP contribution in [0.5, 0.6) is 0 Å². The van der Waals surface area contributed by atoms with Crippen LogP contribution in [0.1, 0.15) is 18.4 Å². The molecule has 156 valence electrons. The largest absolute Gasteiger partial charge is 0.356 e. The van der Waals surface area contributed by atoms with E-state index in [-0.39, 0.29) is 36.7 Å². The van der Waals surface area contributed by atoms with Crippen LogP contribution in [0.3, 0.4) is 0 Å². The molecule has 0 fully saturated rings. The summed E-state index contributed by atoms with van der Waals surface area (Å²) in [5.41, 5.74) is 1.05. The van der Waals surface area contributed by atoms with Crippen LogP contribution in [-0.2, 0) is 21.2 Å². The van der Waals surface area contributed by atoms with E-state index in [1.54, 1.807) is 12.1 Å². The molecule has 1 amide bonds. The molecular weight excluding hydrogens is 418 g/mol. The molecule has 0 aliphatic carbocycles. The maximum absolute atomic E-state index is 12.1. The molecule has 8 nitrogen and oxygen atoms in total. The molecule has 1 N–H and O–H groups in total. The van der Waals surface area contributed by atoms with Gasteiger partial charge in [-0.3, -0.25) is 19.2 Å². The van der Waals surface area contributed by atoms with Crippen LogP contribution in [0.4, 0.5) is 11.4 Å². The Morgan fingerprint density at radius 2 is 1.90 bits per heavy atom. The molecule has 0 spiro atoms. The van der Waals surface area contributed by atoms with Gasteiger partial charge in [0.2, 0.25) is 15.9 Å². The summed E-state index contributed by atoms with van der Waals surface area (Å²) in [7, 11) is -3.65. The molecular formula is C19H22ClN3O5S. The monoisotopic (exact) mass is 439 g/mol. The summed E-state index contributed by atoms with van der Waals surface area (Å²) in [6.45, 7) is 0.506. The van der Waals surface area contributed by atoms with Crippen LogP contribution in [0.25, 0.3) is 0 Å². The molecule has 0 radical (unpaired) electrons. The lowest BCUT2D eigenvalue weighted by Gasteiger charge is -2.22. The van der Waals surface area contributed by atoms with E-state index in [1.807, 2.05) is 12.1 Å². The first-order chi connectivity index (χ1) is 13.7. The number of benzene rings is 2. The number of anilines is 1. The maximum atomic E-state index is 12.1. The van der Waals surface area contributed by atoms with Gasteiger partial charge in [-0.05, 0) is 36.6 Å². The standard InChI is InChI=1S/C19H22ClN3O5S/c1-29(27,28)22(17-4-2-5-18(14-17)23(25)26)13-3-6-19(24)21-12-11-15-7-9-16(20)10-8-15/h2,4-5,7-10,14H,3,6,11-13H2,1H3,(H,21,24). The Labute approximate surface area is 174 Å². The molecule has 0 saturated carbocycles. The Balaban J connectivity index is 1.86. The van der Waals surface area contributed by atoms with Gasteiger partial charge in [0.15, 0.2) is 0 Å². The fraction of sp³-hybridized carbons (Fsp3) is 0.316. The van der Waals surface area contributed by atoms with Crippen molar-refractivity contribution in [2.24, 2.45) is 0 Å². The molecule has 0 bridgehead atoms. The van der Waals surface area contributed by atoms with Gasteiger partial charge in [-0.1, -0.05) is 29.8 Å². The third kappa shape index (κ3) is 7.35. The van der Waals surface area contributed by atoms with Crippen molar-refractivity contribution in [2.45, 2.75) is 19.3 Å². The molecule has 0 saturated heterocycles. The molecule has 10 heteroatoms. The van der Waals surface area contributed by atoms with E-state index in [2.05, 4.69) is 5.32 Å². The SMILES string of the molecule is CS(=O)(=O)N(CCCC(=O)NCCc1ccc(Cl)cc1)c1cccc([N+](=O)[O-])c1. The highest BCUT2D eigenvalue weighted by Crippen LogP contribution is 2.23. The van der Waals surface area contributed by atoms with Crippen LogP contribution >= 0.6 is 11.6 Å². The first-order valence-corrected chi connectivity index (χ1v) is 11.1. The summed E-state index contributed by atoms with van der Waals surface area (Å²) in [6.07, 6.45) is 2.11. The fourth-order valence-electron chi connectivity index (χ4n) is 2.72. The third-order valence-electron chi connectivity index (χ3n) is 4.14.